The van der Waals surface area contributed by atoms with Gasteiger partial charge in [-0.2, -0.15) is 0 Å². The van der Waals surface area contributed by atoms with Crippen LogP contribution in [0.5, 0.6) is 0 Å². The van der Waals surface area contributed by atoms with Crippen molar-refractivity contribution in [2.24, 2.45) is 0 Å². The largest absolute Gasteiger partial charge is 0.449 e. The van der Waals surface area contributed by atoms with Crippen LogP contribution in [0.25, 0.3) is 10.9 Å². The lowest BCUT2D eigenvalue weighted by Gasteiger charge is -2.19. The molecule has 1 aromatic heterocycles. The van der Waals surface area contributed by atoms with E-state index in [-0.39, 0.29) is 28.2 Å². The van der Waals surface area contributed by atoms with E-state index in [1.807, 2.05) is 32.0 Å². The number of amides is 1. The number of hydrogen-bond acceptors (Lipinski definition) is 9. The highest BCUT2D eigenvalue weighted by molar-refractivity contribution is 7.92. The van der Waals surface area contributed by atoms with Crippen molar-refractivity contribution in [3.05, 3.63) is 93.5 Å². The molecule has 2 atom stereocenters. The van der Waals surface area contributed by atoms with Gasteiger partial charge in [0.1, 0.15) is 12.3 Å². The summed E-state index contributed by atoms with van der Waals surface area (Å²) >= 11 is 0. The highest BCUT2D eigenvalue weighted by Crippen LogP contribution is 2.35. The van der Waals surface area contributed by atoms with Crippen LogP contribution in [-0.2, 0) is 25.9 Å². The fourth-order valence-electron chi connectivity index (χ4n) is 5.24. The number of anilines is 2. The van der Waals surface area contributed by atoms with Crippen molar-refractivity contribution in [3.63, 3.8) is 0 Å². The Hall–Kier alpha value is -4.55. The molecule has 1 amide bonds. The lowest BCUT2D eigenvalue weighted by molar-refractivity contribution is -0.108. The quantitative estimate of drug-likeness (QED) is 0.167. The van der Waals surface area contributed by atoms with Crippen molar-refractivity contribution in [1.29, 1.82) is 0 Å². The van der Waals surface area contributed by atoms with Gasteiger partial charge in [0.2, 0.25) is 0 Å². The number of carbonyl (C=O) groups excluding carboxylic acids is 2. The van der Waals surface area contributed by atoms with Crippen LogP contribution in [0.15, 0.2) is 70.6 Å². The van der Waals surface area contributed by atoms with E-state index in [4.69, 9.17) is 4.74 Å². The van der Waals surface area contributed by atoms with Gasteiger partial charge in [0.05, 0.1) is 34.0 Å². The molecule has 0 spiro atoms. The zero-order chi connectivity index (χ0) is 31.4. The Morgan fingerprint density at radius 3 is 2.59 bits per heavy atom. The van der Waals surface area contributed by atoms with Crippen LogP contribution in [0.3, 0.4) is 0 Å². The minimum atomic E-state index is -3.38. The number of nitrogens with zero attached hydrogens (tertiary/aromatic N) is 1. The van der Waals surface area contributed by atoms with Crippen molar-refractivity contribution in [3.8, 4) is 0 Å². The van der Waals surface area contributed by atoms with E-state index in [0.717, 1.165) is 23.0 Å². The van der Waals surface area contributed by atoms with E-state index in [9.17, 15) is 22.8 Å². The molecule has 0 bridgehead atoms. The van der Waals surface area contributed by atoms with Gasteiger partial charge in [-0.05, 0) is 85.5 Å². The van der Waals surface area contributed by atoms with E-state index < -0.39 is 22.0 Å². The smallest absolute Gasteiger partial charge is 0.411 e. The first-order chi connectivity index (χ1) is 21.1. The van der Waals surface area contributed by atoms with Gasteiger partial charge in [-0.15, -0.1) is 0 Å². The molecule has 3 aromatic carbocycles. The van der Waals surface area contributed by atoms with Gasteiger partial charge in [0.25, 0.3) is 5.56 Å². The summed E-state index contributed by atoms with van der Waals surface area (Å²) in [7, 11) is -1.64. The summed E-state index contributed by atoms with van der Waals surface area (Å²) in [4.78, 5) is 43.8. The predicted octanol–water partition coefficient (Wildman–Crippen LogP) is 4.59. The Morgan fingerprint density at radius 1 is 1.11 bits per heavy atom. The Labute approximate surface area is 255 Å². The first kappa shape index (κ1) is 30.9. The van der Waals surface area contributed by atoms with E-state index in [1.165, 1.54) is 6.33 Å². The number of fused-ring (bicyclic) bond motifs is 1. The number of rotatable bonds is 12. The van der Waals surface area contributed by atoms with Crippen LogP contribution in [0.1, 0.15) is 54.0 Å². The molecule has 0 aliphatic heterocycles. The van der Waals surface area contributed by atoms with Crippen LogP contribution in [-0.4, -0.2) is 49.7 Å². The number of ether oxygens (including phenoxy) is 1. The summed E-state index contributed by atoms with van der Waals surface area (Å²) in [6.07, 6.45) is 2.86. The molecule has 1 aliphatic carbocycles. The molecule has 1 heterocycles. The van der Waals surface area contributed by atoms with Crippen molar-refractivity contribution >= 4 is 44.5 Å². The summed E-state index contributed by atoms with van der Waals surface area (Å²) in [6.45, 7) is 4.32. The minimum absolute atomic E-state index is 0.110. The van der Waals surface area contributed by atoms with Gasteiger partial charge < -0.3 is 25.1 Å². The second-order valence-corrected chi connectivity index (χ2v) is 13.3. The van der Waals surface area contributed by atoms with Gasteiger partial charge in [-0.25, -0.2) is 18.2 Å². The molecule has 4 aromatic rings. The average Bonchev–Trinajstić information content (AvgIpc) is 3.86. The predicted molar refractivity (Wildman–Crippen MR) is 169 cm³/mol. The lowest BCUT2D eigenvalue weighted by Crippen LogP contribution is -2.19. The molecule has 0 saturated heterocycles. The van der Waals surface area contributed by atoms with Crippen LogP contribution in [0, 0.1) is 6.92 Å². The standard InChI is InChI=1S/C32H35N5O6S/c1-19-12-21(29(16-38)36-24-5-10-28-27(14-24)31(39)35-18-34-28)4-9-26(19)20(2)17-43-32(40)37-23-6-11-30(22(13-23)15-33-3)44(41,42)25-7-8-25/h4-6,9-14,16,18,20,25,29,33,36H,7-8,15,17H2,1-3H3,(H,37,40)(H,34,35,39)/t20-,29?/m0/s1. The highest BCUT2D eigenvalue weighted by atomic mass is 32.2. The summed E-state index contributed by atoms with van der Waals surface area (Å²) in [5.74, 6) is -0.136. The van der Waals surface area contributed by atoms with E-state index in [0.29, 0.717) is 47.2 Å². The Kier molecular flexibility index (Phi) is 9.12. The molecule has 12 heteroatoms. The maximum Gasteiger partial charge on any atom is 0.411 e. The van der Waals surface area contributed by atoms with Crippen LogP contribution in [0.4, 0.5) is 16.2 Å². The Morgan fingerprint density at radius 2 is 1.89 bits per heavy atom. The monoisotopic (exact) mass is 617 g/mol. The number of nitrogens with one attached hydrogen (secondary N) is 4. The van der Waals surface area contributed by atoms with E-state index in [2.05, 4.69) is 25.9 Å². The van der Waals surface area contributed by atoms with E-state index in [1.54, 1.807) is 43.4 Å². The summed E-state index contributed by atoms with van der Waals surface area (Å²) in [5.41, 5.74) is 4.58. The first-order valence-electron chi connectivity index (χ1n) is 14.4. The van der Waals surface area contributed by atoms with Crippen molar-refractivity contribution in [2.45, 2.75) is 55.3 Å². The SMILES string of the molecule is CNCc1cc(NC(=O)OC[C@H](C)c2ccc(C(C=O)Nc3ccc4nc[nH]c(=O)c4c3)cc2C)ccc1S(=O)(=O)C1CC1. The first-order valence-corrected chi connectivity index (χ1v) is 15.9. The van der Waals surface area contributed by atoms with Gasteiger partial charge in [-0.1, -0.05) is 25.1 Å². The summed E-state index contributed by atoms with van der Waals surface area (Å²) in [5, 5.41) is 8.96. The Balaban J connectivity index is 1.21. The fraction of sp³-hybridized carbons (Fsp3) is 0.312. The van der Waals surface area contributed by atoms with Crippen molar-refractivity contribution in [2.75, 3.05) is 24.3 Å². The number of aromatic amines is 1. The third kappa shape index (κ3) is 6.81. The molecular formula is C32H35N5O6S. The van der Waals surface area contributed by atoms with Crippen LogP contribution < -0.4 is 21.5 Å². The van der Waals surface area contributed by atoms with Gasteiger partial charge >= 0.3 is 6.09 Å². The molecule has 1 saturated carbocycles. The molecule has 0 radical (unpaired) electrons. The zero-order valence-electron chi connectivity index (χ0n) is 24.7. The Bertz CT molecular complexity index is 1870. The highest BCUT2D eigenvalue weighted by Gasteiger charge is 2.38. The zero-order valence-corrected chi connectivity index (χ0v) is 25.5. The van der Waals surface area contributed by atoms with Gasteiger partial charge in [0, 0.05) is 23.8 Å². The molecule has 4 N–H and O–H groups in total. The molecule has 5 rings (SSSR count). The topological polar surface area (TPSA) is 159 Å². The fourth-order valence-corrected chi connectivity index (χ4v) is 7.11. The van der Waals surface area contributed by atoms with E-state index >= 15 is 0 Å². The number of hydrogen-bond donors (Lipinski definition) is 4. The second-order valence-electron chi connectivity index (χ2n) is 11.1. The number of aromatic nitrogens is 2. The van der Waals surface area contributed by atoms with Crippen LogP contribution >= 0.6 is 0 Å². The number of benzene rings is 3. The molecule has 1 unspecified atom stereocenters. The van der Waals surface area contributed by atoms with Crippen molar-refractivity contribution in [1.82, 2.24) is 15.3 Å². The number of carbonyl (C=O) groups is 2. The third-order valence-electron chi connectivity index (χ3n) is 7.69. The number of aldehydes is 1. The summed E-state index contributed by atoms with van der Waals surface area (Å²) < 4.78 is 31.1. The minimum Gasteiger partial charge on any atom is -0.449 e. The lowest BCUT2D eigenvalue weighted by atomic mass is 9.93. The molecule has 230 valence electrons. The van der Waals surface area contributed by atoms with Gasteiger partial charge in [-0.3, -0.25) is 10.1 Å². The number of aryl methyl sites for hydroxylation is 1. The molecule has 44 heavy (non-hydrogen) atoms. The third-order valence-corrected chi connectivity index (χ3v) is 10.1. The number of H-pyrrole nitrogens is 1. The van der Waals surface area contributed by atoms with Crippen molar-refractivity contribution < 1.29 is 22.7 Å². The normalized spacial score (nSPS) is 14.5. The molecule has 11 nitrogen and oxygen atoms in total. The molecule has 1 fully saturated rings. The second kappa shape index (κ2) is 13.0. The maximum absolute atomic E-state index is 12.8. The maximum atomic E-state index is 12.8. The van der Waals surface area contributed by atoms with Gasteiger partial charge in [0.15, 0.2) is 9.84 Å². The molecular weight excluding hydrogens is 582 g/mol. The van der Waals surface area contributed by atoms with Crippen LogP contribution in [0.2, 0.25) is 0 Å². The average molecular weight is 618 g/mol. The molecule has 1 aliphatic rings. The number of sulfone groups is 1. The summed E-state index contributed by atoms with van der Waals surface area (Å²) in [6, 6.07) is 14.9.